The fourth-order valence-electron chi connectivity index (χ4n) is 4.29. The molecule has 2 aromatic rings. The summed E-state index contributed by atoms with van der Waals surface area (Å²) in [6, 6.07) is -0.126. The number of carbonyl (C=O) groups is 2. The lowest BCUT2D eigenvalue weighted by Crippen LogP contribution is -2.37. The second-order valence-corrected chi connectivity index (χ2v) is 7.63. The molecule has 1 aliphatic carbocycles. The van der Waals surface area contributed by atoms with E-state index in [9.17, 15) is 9.59 Å². The van der Waals surface area contributed by atoms with Crippen molar-refractivity contribution in [3.05, 3.63) is 35.7 Å². The molecule has 0 radical (unpaired) electrons. The number of hydrogen-bond donors (Lipinski definition) is 1. The highest BCUT2D eigenvalue weighted by Gasteiger charge is 2.48. The van der Waals surface area contributed by atoms with Gasteiger partial charge in [0.05, 0.1) is 24.5 Å². The van der Waals surface area contributed by atoms with Crippen LogP contribution in [0, 0.1) is 12.8 Å². The summed E-state index contributed by atoms with van der Waals surface area (Å²) in [6.07, 6.45) is 6.60. The lowest BCUT2D eigenvalue weighted by molar-refractivity contribution is -0.129. The molecule has 4 atom stereocenters. The zero-order valence-corrected chi connectivity index (χ0v) is 16.2. The molecule has 1 saturated carbocycles. The van der Waals surface area contributed by atoms with Gasteiger partial charge in [0.1, 0.15) is 0 Å². The second kappa shape index (κ2) is 6.51. The van der Waals surface area contributed by atoms with Crippen LogP contribution < -0.4 is 5.32 Å². The lowest BCUT2D eigenvalue weighted by atomic mass is 9.93. The number of likely N-dealkylation sites (tertiary alicyclic amines) is 1. The molecule has 1 N–H and O–H groups in total. The summed E-state index contributed by atoms with van der Waals surface area (Å²) >= 11 is 0. The van der Waals surface area contributed by atoms with Crippen molar-refractivity contribution in [2.75, 3.05) is 6.54 Å². The maximum Gasteiger partial charge on any atom is 0.226 e. The van der Waals surface area contributed by atoms with Gasteiger partial charge in [-0.3, -0.25) is 14.3 Å². The predicted octanol–water partition coefficient (Wildman–Crippen LogP) is 1.04. The minimum atomic E-state index is -0.381. The number of aromatic nitrogens is 4. The van der Waals surface area contributed by atoms with Gasteiger partial charge >= 0.3 is 0 Å². The van der Waals surface area contributed by atoms with Crippen molar-refractivity contribution >= 4 is 11.8 Å². The molecule has 144 valence electrons. The molecule has 27 heavy (non-hydrogen) atoms. The zero-order chi connectivity index (χ0) is 19.3. The molecule has 2 aromatic heterocycles. The summed E-state index contributed by atoms with van der Waals surface area (Å²) in [5.74, 6) is -0.0837. The third kappa shape index (κ3) is 2.93. The third-order valence-electron chi connectivity index (χ3n) is 6.05. The van der Waals surface area contributed by atoms with Crippen LogP contribution in [0.25, 0.3) is 0 Å². The first-order valence-electron chi connectivity index (χ1n) is 9.46. The lowest BCUT2D eigenvalue weighted by Gasteiger charge is -2.27. The van der Waals surface area contributed by atoms with E-state index in [4.69, 9.17) is 0 Å². The molecule has 2 aliphatic rings. The van der Waals surface area contributed by atoms with Crippen LogP contribution in [0.3, 0.4) is 0 Å². The number of nitrogens with zero attached hydrogens (tertiary/aromatic N) is 5. The van der Waals surface area contributed by atoms with Gasteiger partial charge < -0.3 is 14.8 Å². The van der Waals surface area contributed by atoms with Crippen molar-refractivity contribution < 1.29 is 9.59 Å². The molecule has 0 spiro atoms. The van der Waals surface area contributed by atoms with Gasteiger partial charge in [-0.15, -0.1) is 0 Å². The van der Waals surface area contributed by atoms with E-state index in [0.29, 0.717) is 12.5 Å². The van der Waals surface area contributed by atoms with E-state index in [0.717, 1.165) is 23.4 Å². The van der Waals surface area contributed by atoms with Gasteiger partial charge in [0, 0.05) is 62.2 Å². The molecule has 1 aliphatic heterocycles. The number of imidazole rings is 1. The van der Waals surface area contributed by atoms with Gasteiger partial charge in [-0.2, -0.15) is 5.10 Å². The number of carbonyl (C=O) groups excluding carboxylic acids is 2. The number of nitrogens with one attached hydrogen (secondary N) is 1. The first-order valence-corrected chi connectivity index (χ1v) is 9.46. The maximum atomic E-state index is 13.1. The summed E-state index contributed by atoms with van der Waals surface area (Å²) in [5, 5.41) is 7.48. The molecule has 2 amide bonds. The molecule has 0 aromatic carbocycles. The Balaban J connectivity index is 1.53. The molecule has 3 heterocycles. The smallest absolute Gasteiger partial charge is 0.226 e. The standard InChI is InChI=1S/C19H26N6O2/c1-5-25-17(26)7-13(18(25)14-8-21-24(4)11(14)2)19(27)22-15-6-12(15)16-9-20-10-23(16)3/h8-10,12-13,15,18H,5-7H2,1-4H3,(H,22,27)/t12-,13+,15-,18+/m1/s1. The van der Waals surface area contributed by atoms with Crippen LogP contribution in [0.4, 0.5) is 0 Å². The Kier molecular flexibility index (Phi) is 4.28. The summed E-state index contributed by atoms with van der Waals surface area (Å²) in [6.45, 7) is 4.52. The molecule has 0 bridgehead atoms. The Morgan fingerprint density at radius 2 is 2.11 bits per heavy atom. The molecular weight excluding hydrogens is 344 g/mol. The highest BCUT2D eigenvalue weighted by Crippen LogP contribution is 2.43. The van der Waals surface area contributed by atoms with Gasteiger partial charge in [-0.25, -0.2) is 4.98 Å². The van der Waals surface area contributed by atoms with Crippen LogP contribution in [0.2, 0.25) is 0 Å². The summed E-state index contributed by atoms with van der Waals surface area (Å²) in [4.78, 5) is 31.6. The summed E-state index contributed by atoms with van der Waals surface area (Å²) < 4.78 is 3.79. The van der Waals surface area contributed by atoms with E-state index >= 15 is 0 Å². The number of aryl methyl sites for hydroxylation is 2. The van der Waals surface area contributed by atoms with E-state index in [1.165, 1.54) is 0 Å². The average molecular weight is 370 g/mol. The van der Waals surface area contributed by atoms with Crippen LogP contribution >= 0.6 is 0 Å². The predicted molar refractivity (Wildman–Crippen MR) is 98.7 cm³/mol. The van der Waals surface area contributed by atoms with Gasteiger partial charge in [0.15, 0.2) is 0 Å². The second-order valence-electron chi connectivity index (χ2n) is 7.63. The van der Waals surface area contributed by atoms with Crippen LogP contribution in [0.5, 0.6) is 0 Å². The van der Waals surface area contributed by atoms with Crippen molar-refractivity contribution in [3.8, 4) is 0 Å². The van der Waals surface area contributed by atoms with Gasteiger partial charge in [0.25, 0.3) is 0 Å². The Labute approximate surface area is 158 Å². The summed E-state index contributed by atoms with van der Waals surface area (Å²) in [7, 11) is 3.85. The first-order chi connectivity index (χ1) is 12.9. The Morgan fingerprint density at radius 3 is 2.70 bits per heavy atom. The maximum absolute atomic E-state index is 13.1. The number of rotatable bonds is 5. The topological polar surface area (TPSA) is 85.1 Å². The molecular formula is C19H26N6O2. The van der Waals surface area contributed by atoms with Crippen molar-refractivity contribution in [2.24, 2.45) is 20.0 Å². The Hall–Kier alpha value is -2.64. The Morgan fingerprint density at radius 1 is 1.33 bits per heavy atom. The van der Waals surface area contributed by atoms with Crippen molar-refractivity contribution in [1.82, 2.24) is 29.5 Å². The first kappa shape index (κ1) is 17.8. The van der Waals surface area contributed by atoms with Crippen LogP contribution in [-0.2, 0) is 23.7 Å². The minimum absolute atomic E-state index is 0.0323. The highest BCUT2D eigenvalue weighted by atomic mass is 16.2. The molecule has 1 saturated heterocycles. The van der Waals surface area contributed by atoms with Crippen molar-refractivity contribution in [1.29, 1.82) is 0 Å². The summed E-state index contributed by atoms with van der Waals surface area (Å²) in [5.41, 5.74) is 3.09. The third-order valence-corrected chi connectivity index (χ3v) is 6.05. The van der Waals surface area contributed by atoms with Crippen LogP contribution in [0.15, 0.2) is 18.7 Å². The van der Waals surface area contributed by atoms with Crippen LogP contribution in [-0.4, -0.2) is 48.6 Å². The zero-order valence-electron chi connectivity index (χ0n) is 16.2. The minimum Gasteiger partial charge on any atom is -0.352 e. The highest BCUT2D eigenvalue weighted by molar-refractivity contribution is 5.90. The normalized spacial score (nSPS) is 27.3. The van der Waals surface area contributed by atoms with E-state index < -0.39 is 0 Å². The van der Waals surface area contributed by atoms with E-state index in [1.54, 1.807) is 22.1 Å². The van der Waals surface area contributed by atoms with E-state index in [2.05, 4.69) is 15.4 Å². The average Bonchev–Trinajstić information content (AvgIpc) is 2.94. The number of hydrogen-bond acceptors (Lipinski definition) is 4. The van der Waals surface area contributed by atoms with Crippen molar-refractivity contribution in [2.45, 2.75) is 44.7 Å². The van der Waals surface area contributed by atoms with Crippen LogP contribution in [0.1, 0.15) is 48.7 Å². The quantitative estimate of drug-likeness (QED) is 0.852. The van der Waals surface area contributed by atoms with E-state index in [-0.39, 0.29) is 36.2 Å². The van der Waals surface area contributed by atoms with Gasteiger partial charge in [0.2, 0.25) is 11.8 Å². The SMILES string of the molecule is CCN1C(=O)C[C@H](C(=O)N[C@@H]2C[C@H]2c2cncn2C)[C@H]1c1cnn(C)c1C. The van der Waals surface area contributed by atoms with Gasteiger partial charge in [-0.05, 0) is 20.3 Å². The largest absolute Gasteiger partial charge is 0.352 e. The molecule has 8 nitrogen and oxygen atoms in total. The van der Waals surface area contributed by atoms with Crippen molar-refractivity contribution in [3.63, 3.8) is 0 Å². The molecule has 0 unspecified atom stereocenters. The fraction of sp³-hybridized carbons (Fsp3) is 0.579. The molecule has 8 heteroatoms. The van der Waals surface area contributed by atoms with Gasteiger partial charge in [-0.1, -0.05) is 0 Å². The fourth-order valence-corrected chi connectivity index (χ4v) is 4.29. The Bertz CT molecular complexity index is 885. The monoisotopic (exact) mass is 370 g/mol. The van der Waals surface area contributed by atoms with E-state index in [1.807, 2.05) is 38.7 Å². The molecule has 2 fully saturated rings. The molecule has 4 rings (SSSR count). The number of amides is 2.